The lowest BCUT2D eigenvalue weighted by Gasteiger charge is -2.14. The summed E-state index contributed by atoms with van der Waals surface area (Å²) in [5.74, 6) is 1.18. The van der Waals surface area contributed by atoms with Crippen molar-refractivity contribution in [3.63, 3.8) is 0 Å². The van der Waals surface area contributed by atoms with Crippen LogP contribution < -0.4 is 14.9 Å². The number of fused-ring (bicyclic) bond motifs is 1. The van der Waals surface area contributed by atoms with E-state index in [0.29, 0.717) is 12.4 Å². The van der Waals surface area contributed by atoms with Gasteiger partial charge in [0.1, 0.15) is 11.5 Å². The Kier molecular flexibility index (Phi) is 6.63. The van der Waals surface area contributed by atoms with Crippen LogP contribution in [-0.4, -0.2) is 24.8 Å². The molecule has 0 saturated heterocycles. The Hall–Kier alpha value is -3.34. The summed E-state index contributed by atoms with van der Waals surface area (Å²) >= 11 is 0. The van der Waals surface area contributed by atoms with Crippen LogP contribution in [0.1, 0.15) is 25.8 Å². The van der Waals surface area contributed by atoms with Gasteiger partial charge in [0.05, 0.1) is 12.8 Å². The minimum absolute atomic E-state index is 0.313. The maximum absolute atomic E-state index is 12.3. The number of nitrogens with one attached hydrogen (secondary N) is 1. The fourth-order valence-corrected chi connectivity index (χ4v) is 2.67. The first-order valence-electron chi connectivity index (χ1n) is 9.37. The van der Waals surface area contributed by atoms with Gasteiger partial charge in [0.25, 0.3) is 5.91 Å². The van der Waals surface area contributed by atoms with E-state index < -0.39 is 6.10 Å². The summed E-state index contributed by atoms with van der Waals surface area (Å²) < 4.78 is 11.4. The van der Waals surface area contributed by atoms with Crippen molar-refractivity contribution < 1.29 is 14.3 Å². The number of hydrazone groups is 1. The molecular formula is C23H24N2O3. The maximum Gasteiger partial charge on any atom is 0.280 e. The number of carbonyl (C=O) groups is 1. The van der Waals surface area contributed by atoms with E-state index in [4.69, 9.17) is 9.47 Å². The molecule has 0 radical (unpaired) electrons. The second-order valence-corrected chi connectivity index (χ2v) is 6.39. The van der Waals surface area contributed by atoms with Crippen molar-refractivity contribution in [3.8, 4) is 11.5 Å². The molecule has 5 nitrogen and oxygen atoms in total. The Bertz CT molecular complexity index is 946. The van der Waals surface area contributed by atoms with Crippen molar-refractivity contribution in [2.75, 3.05) is 6.61 Å². The molecule has 0 fully saturated rings. The van der Waals surface area contributed by atoms with E-state index in [2.05, 4.69) is 17.5 Å². The summed E-state index contributed by atoms with van der Waals surface area (Å²) in [7, 11) is 0. The zero-order valence-electron chi connectivity index (χ0n) is 16.1. The Morgan fingerprint density at radius 1 is 1.07 bits per heavy atom. The number of carbonyl (C=O) groups excluding carboxylic acids is 1. The first-order chi connectivity index (χ1) is 13.7. The van der Waals surface area contributed by atoms with Gasteiger partial charge in [0, 0.05) is 5.39 Å². The molecule has 0 aliphatic heterocycles. The zero-order chi connectivity index (χ0) is 19.8. The third kappa shape index (κ3) is 5.10. The van der Waals surface area contributed by atoms with Crippen LogP contribution in [0.25, 0.3) is 10.8 Å². The molecule has 144 valence electrons. The fraction of sp³-hybridized carbons (Fsp3) is 0.217. The highest BCUT2D eigenvalue weighted by Gasteiger charge is 2.15. The molecule has 0 unspecified atom stereocenters. The summed E-state index contributed by atoms with van der Waals surface area (Å²) in [5.41, 5.74) is 3.39. The second kappa shape index (κ2) is 9.55. The number of ether oxygens (including phenoxy) is 2. The van der Waals surface area contributed by atoms with Gasteiger partial charge in [-0.3, -0.25) is 4.79 Å². The molecule has 0 aliphatic carbocycles. The lowest BCUT2D eigenvalue weighted by molar-refractivity contribution is -0.127. The van der Waals surface area contributed by atoms with E-state index in [9.17, 15) is 4.79 Å². The summed E-state index contributed by atoms with van der Waals surface area (Å²) in [5, 5.41) is 6.05. The van der Waals surface area contributed by atoms with Gasteiger partial charge in [0.15, 0.2) is 6.10 Å². The lowest BCUT2D eigenvalue weighted by Crippen LogP contribution is -2.33. The van der Waals surface area contributed by atoms with E-state index in [1.807, 2.05) is 66.7 Å². The van der Waals surface area contributed by atoms with Crippen molar-refractivity contribution in [2.24, 2.45) is 5.10 Å². The highest BCUT2D eigenvalue weighted by molar-refractivity contribution is 5.89. The number of hydrogen-bond acceptors (Lipinski definition) is 4. The standard InChI is InChI=1S/C23H24N2O3/c1-3-15-27-20-13-11-18(12-14-20)16-24-25-23(26)17(2)28-22-10-6-8-19-7-4-5-9-21(19)22/h4-14,16-17H,3,15H2,1-2H3,(H,25,26)/t17-/m0/s1. The molecule has 0 aromatic heterocycles. The highest BCUT2D eigenvalue weighted by Crippen LogP contribution is 2.26. The van der Waals surface area contributed by atoms with Crippen molar-refractivity contribution >= 4 is 22.9 Å². The molecule has 0 heterocycles. The normalized spacial score (nSPS) is 12.1. The molecular weight excluding hydrogens is 352 g/mol. The summed E-state index contributed by atoms with van der Waals surface area (Å²) in [6, 6.07) is 21.2. The average Bonchev–Trinajstić information content (AvgIpc) is 2.73. The number of rotatable bonds is 8. The predicted molar refractivity (Wildman–Crippen MR) is 112 cm³/mol. The molecule has 0 spiro atoms. The van der Waals surface area contributed by atoms with E-state index >= 15 is 0 Å². The van der Waals surface area contributed by atoms with E-state index in [0.717, 1.165) is 28.5 Å². The molecule has 28 heavy (non-hydrogen) atoms. The Morgan fingerprint density at radius 3 is 2.61 bits per heavy atom. The van der Waals surface area contributed by atoms with Gasteiger partial charge in [-0.1, -0.05) is 43.3 Å². The lowest BCUT2D eigenvalue weighted by atomic mass is 10.1. The quantitative estimate of drug-likeness (QED) is 0.464. The van der Waals surface area contributed by atoms with Crippen molar-refractivity contribution in [2.45, 2.75) is 26.4 Å². The Morgan fingerprint density at radius 2 is 1.82 bits per heavy atom. The molecule has 3 aromatic carbocycles. The van der Waals surface area contributed by atoms with Gasteiger partial charge >= 0.3 is 0 Å². The Balaban J connectivity index is 1.56. The highest BCUT2D eigenvalue weighted by atomic mass is 16.5. The first kappa shape index (κ1) is 19.4. The number of hydrogen-bond donors (Lipinski definition) is 1. The van der Waals surface area contributed by atoms with Crippen LogP contribution in [0.15, 0.2) is 71.8 Å². The van der Waals surface area contributed by atoms with Gasteiger partial charge in [-0.25, -0.2) is 5.43 Å². The topological polar surface area (TPSA) is 59.9 Å². The van der Waals surface area contributed by atoms with Gasteiger partial charge in [-0.2, -0.15) is 5.10 Å². The van der Waals surface area contributed by atoms with E-state index in [1.165, 1.54) is 0 Å². The largest absolute Gasteiger partial charge is 0.494 e. The SMILES string of the molecule is CCCOc1ccc(C=NNC(=O)[C@H](C)Oc2cccc3ccccc23)cc1. The third-order valence-electron chi connectivity index (χ3n) is 4.16. The van der Waals surface area contributed by atoms with Gasteiger partial charge in [-0.05, 0) is 54.6 Å². The minimum atomic E-state index is -0.673. The molecule has 1 N–H and O–H groups in total. The molecule has 0 saturated carbocycles. The Labute approximate surface area is 165 Å². The van der Waals surface area contributed by atoms with Gasteiger partial charge < -0.3 is 9.47 Å². The smallest absolute Gasteiger partial charge is 0.280 e. The van der Waals surface area contributed by atoms with Crippen molar-refractivity contribution in [3.05, 3.63) is 72.3 Å². The number of nitrogens with zero attached hydrogens (tertiary/aromatic N) is 1. The minimum Gasteiger partial charge on any atom is -0.494 e. The molecule has 5 heteroatoms. The fourth-order valence-electron chi connectivity index (χ4n) is 2.67. The van der Waals surface area contributed by atoms with E-state index in [1.54, 1.807) is 13.1 Å². The monoisotopic (exact) mass is 376 g/mol. The van der Waals surface area contributed by atoms with Gasteiger partial charge in [0.2, 0.25) is 0 Å². The third-order valence-corrected chi connectivity index (χ3v) is 4.16. The molecule has 1 atom stereocenters. The van der Waals surface area contributed by atoms with Crippen molar-refractivity contribution in [1.29, 1.82) is 0 Å². The van der Waals surface area contributed by atoms with Crippen LogP contribution in [0.2, 0.25) is 0 Å². The van der Waals surface area contributed by atoms with Crippen LogP contribution >= 0.6 is 0 Å². The van der Waals surface area contributed by atoms with Crippen LogP contribution in [0.4, 0.5) is 0 Å². The predicted octanol–water partition coefficient (Wildman–Crippen LogP) is 4.55. The van der Waals surface area contributed by atoms with Crippen LogP contribution in [0.3, 0.4) is 0 Å². The van der Waals surface area contributed by atoms with Crippen LogP contribution in [-0.2, 0) is 4.79 Å². The average molecular weight is 376 g/mol. The molecule has 0 aliphatic rings. The van der Waals surface area contributed by atoms with E-state index in [-0.39, 0.29) is 5.91 Å². The maximum atomic E-state index is 12.3. The number of benzene rings is 3. The first-order valence-corrected chi connectivity index (χ1v) is 9.37. The van der Waals surface area contributed by atoms with Crippen LogP contribution in [0.5, 0.6) is 11.5 Å². The molecule has 3 rings (SSSR count). The van der Waals surface area contributed by atoms with Crippen molar-refractivity contribution in [1.82, 2.24) is 5.43 Å². The second-order valence-electron chi connectivity index (χ2n) is 6.39. The van der Waals surface area contributed by atoms with Gasteiger partial charge in [-0.15, -0.1) is 0 Å². The zero-order valence-corrected chi connectivity index (χ0v) is 16.1. The molecule has 3 aromatic rings. The summed E-state index contributed by atoms with van der Waals surface area (Å²) in [6.45, 7) is 4.46. The molecule has 0 bridgehead atoms. The summed E-state index contributed by atoms with van der Waals surface area (Å²) in [4.78, 5) is 12.3. The van der Waals surface area contributed by atoms with Crippen LogP contribution in [0, 0.1) is 0 Å². The number of amides is 1. The summed E-state index contributed by atoms with van der Waals surface area (Å²) in [6.07, 6.45) is 1.88. The molecule has 1 amide bonds.